The summed E-state index contributed by atoms with van der Waals surface area (Å²) in [6.45, 7) is 9.85. The number of hydrogen-bond donors (Lipinski definition) is 0. The van der Waals surface area contributed by atoms with Crippen molar-refractivity contribution in [3.8, 4) is 0 Å². The fourth-order valence-corrected chi connectivity index (χ4v) is 3.30. The zero-order valence-electron chi connectivity index (χ0n) is 8.83. The molecule has 0 amide bonds. The second-order valence-electron chi connectivity index (χ2n) is 3.70. The molecule has 0 bridgehead atoms. The van der Waals surface area contributed by atoms with Crippen molar-refractivity contribution < 1.29 is 9.09 Å². The van der Waals surface area contributed by atoms with Gasteiger partial charge >= 0.3 is 0 Å². The maximum atomic E-state index is 12.1. The van der Waals surface area contributed by atoms with Crippen molar-refractivity contribution in [3.63, 3.8) is 0 Å². The second-order valence-corrected chi connectivity index (χ2v) is 6.84. The van der Waals surface area contributed by atoms with Crippen LogP contribution in [0.2, 0.25) is 0 Å². The van der Waals surface area contributed by atoms with Gasteiger partial charge in [0.25, 0.3) is 0 Å². The van der Waals surface area contributed by atoms with E-state index in [0.717, 1.165) is 6.42 Å². The summed E-state index contributed by atoms with van der Waals surface area (Å²) in [5.74, 6) is 0. The molecule has 0 rings (SSSR count). The van der Waals surface area contributed by atoms with Gasteiger partial charge in [-0.25, -0.2) is 0 Å². The van der Waals surface area contributed by atoms with Crippen molar-refractivity contribution in [1.82, 2.24) is 0 Å². The molecule has 0 aliphatic carbocycles. The predicted molar refractivity (Wildman–Crippen MR) is 54.1 cm³/mol. The molecule has 0 heterocycles. The van der Waals surface area contributed by atoms with Gasteiger partial charge in [0.1, 0.15) is 0 Å². The molecule has 0 fully saturated rings. The zero-order valence-corrected chi connectivity index (χ0v) is 9.73. The summed E-state index contributed by atoms with van der Waals surface area (Å²) >= 11 is 0. The maximum absolute atomic E-state index is 12.1. The van der Waals surface area contributed by atoms with Crippen LogP contribution in [0, 0.1) is 0 Å². The Kier molecular flexibility index (Phi) is 5.12. The normalized spacial score (nSPS) is 16.9. The van der Waals surface area contributed by atoms with Crippen LogP contribution in [-0.2, 0) is 9.09 Å². The lowest BCUT2D eigenvalue weighted by atomic mass is 10.5. The van der Waals surface area contributed by atoms with E-state index in [4.69, 9.17) is 4.52 Å². The van der Waals surface area contributed by atoms with Crippen molar-refractivity contribution in [1.29, 1.82) is 0 Å². The molecule has 1 unspecified atom stereocenters. The van der Waals surface area contributed by atoms with Gasteiger partial charge in [0.05, 0.1) is 6.10 Å². The van der Waals surface area contributed by atoms with Crippen molar-refractivity contribution in [2.24, 2.45) is 0 Å². The highest BCUT2D eigenvalue weighted by atomic mass is 31.2. The number of rotatable bonds is 5. The van der Waals surface area contributed by atoms with E-state index < -0.39 is 7.37 Å². The highest BCUT2D eigenvalue weighted by Crippen LogP contribution is 2.52. The zero-order chi connectivity index (χ0) is 9.78. The largest absolute Gasteiger partial charge is 0.326 e. The average Bonchev–Trinajstić information content (AvgIpc) is 1.85. The summed E-state index contributed by atoms with van der Waals surface area (Å²) in [7, 11) is -2.35. The van der Waals surface area contributed by atoms with Crippen molar-refractivity contribution in [3.05, 3.63) is 0 Å². The maximum Gasteiger partial charge on any atom is 0.205 e. The van der Waals surface area contributed by atoms with E-state index in [1.54, 1.807) is 0 Å². The molecule has 0 aromatic heterocycles. The van der Waals surface area contributed by atoms with Crippen molar-refractivity contribution >= 4 is 7.37 Å². The van der Waals surface area contributed by atoms with E-state index >= 15 is 0 Å². The summed E-state index contributed by atoms with van der Waals surface area (Å²) in [4.78, 5) is 0. The van der Waals surface area contributed by atoms with E-state index in [9.17, 15) is 4.57 Å². The molecular weight excluding hydrogens is 171 g/mol. The minimum absolute atomic E-state index is 0.0739. The van der Waals surface area contributed by atoms with E-state index in [0.29, 0.717) is 6.16 Å². The molecule has 0 N–H and O–H groups in total. The van der Waals surface area contributed by atoms with E-state index in [1.165, 1.54) is 0 Å². The Morgan fingerprint density at radius 3 is 2.00 bits per heavy atom. The first-order valence-electron chi connectivity index (χ1n) is 4.69. The van der Waals surface area contributed by atoms with E-state index in [1.807, 2.05) is 34.6 Å². The molecule has 0 aromatic rings. The standard InChI is InChI=1S/C9H21O2P/c1-6-7-12(10,9(4)5)11-8(2)3/h8-9H,6-7H2,1-5H3. The SMILES string of the molecule is CCCP(=O)(OC(C)C)C(C)C. The van der Waals surface area contributed by atoms with Crippen LogP contribution >= 0.6 is 7.37 Å². The first-order valence-corrected chi connectivity index (χ1v) is 6.57. The van der Waals surface area contributed by atoms with Gasteiger partial charge in [-0.15, -0.1) is 0 Å². The molecule has 74 valence electrons. The summed E-state index contributed by atoms with van der Waals surface area (Å²) in [6, 6.07) is 0. The third kappa shape index (κ3) is 3.73. The Morgan fingerprint density at radius 2 is 1.75 bits per heavy atom. The van der Waals surface area contributed by atoms with Gasteiger partial charge in [-0.2, -0.15) is 0 Å². The summed E-state index contributed by atoms with van der Waals surface area (Å²) in [5.41, 5.74) is 0.153. The predicted octanol–water partition coefficient (Wildman–Crippen LogP) is 3.51. The highest BCUT2D eigenvalue weighted by molar-refractivity contribution is 7.59. The van der Waals surface area contributed by atoms with Crippen LogP contribution < -0.4 is 0 Å². The van der Waals surface area contributed by atoms with Crippen LogP contribution in [0.1, 0.15) is 41.0 Å². The summed E-state index contributed by atoms with van der Waals surface area (Å²) in [5, 5.41) is 0. The molecule has 0 aliphatic heterocycles. The summed E-state index contributed by atoms with van der Waals surface area (Å²) in [6.07, 6.45) is 1.72. The Labute approximate surface area is 76.1 Å². The molecule has 0 radical (unpaired) electrons. The van der Waals surface area contributed by atoms with E-state index in [2.05, 4.69) is 0 Å². The van der Waals surface area contributed by atoms with Crippen LogP contribution in [0.25, 0.3) is 0 Å². The van der Waals surface area contributed by atoms with Crippen LogP contribution in [-0.4, -0.2) is 17.9 Å². The highest BCUT2D eigenvalue weighted by Gasteiger charge is 2.27. The molecule has 0 spiro atoms. The molecule has 2 nitrogen and oxygen atoms in total. The molecular formula is C9H21O2P. The van der Waals surface area contributed by atoms with Gasteiger partial charge in [-0.3, -0.25) is 4.57 Å². The Hall–Kier alpha value is 0.190. The number of hydrogen-bond acceptors (Lipinski definition) is 2. The fourth-order valence-electron chi connectivity index (χ4n) is 1.10. The van der Waals surface area contributed by atoms with Gasteiger partial charge in [0.2, 0.25) is 7.37 Å². The minimum Gasteiger partial charge on any atom is -0.326 e. The molecule has 0 saturated carbocycles. The average molecular weight is 192 g/mol. The Balaban J connectivity index is 4.30. The van der Waals surface area contributed by atoms with Crippen LogP contribution in [0.3, 0.4) is 0 Å². The molecule has 0 saturated heterocycles. The quantitative estimate of drug-likeness (QED) is 0.623. The Morgan fingerprint density at radius 1 is 1.25 bits per heavy atom. The molecule has 12 heavy (non-hydrogen) atoms. The Bertz CT molecular complexity index is 164. The molecule has 0 aromatic carbocycles. The molecule has 3 heteroatoms. The monoisotopic (exact) mass is 192 g/mol. The molecule has 0 aliphatic rings. The van der Waals surface area contributed by atoms with Gasteiger partial charge < -0.3 is 4.52 Å². The fraction of sp³-hybridized carbons (Fsp3) is 1.00. The third-order valence-electron chi connectivity index (χ3n) is 1.71. The smallest absolute Gasteiger partial charge is 0.205 e. The van der Waals surface area contributed by atoms with Gasteiger partial charge in [-0.1, -0.05) is 20.8 Å². The van der Waals surface area contributed by atoms with Gasteiger partial charge in [0.15, 0.2) is 0 Å². The first kappa shape index (κ1) is 12.2. The second kappa shape index (κ2) is 5.04. The van der Waals surface area contributed by atoms with Crippen molar-refractivity contribution in [2.75, 3.05) is 6.16 Å². The van der Waals surface area contributed by atoms with Crippen LogP contribution in [0.15, 0.2) is 0 Å². The minimum atomic E-state index is -2.35. The lowest BCUT2D eigenvalue weighted by molar-refractivity contribution is 0.240. The summed E-state index contributed by atoms with van der Waals surface area (Å²) < 4.78 is 17.6. The third-order valence-corrected chi connectivity index (χ3v) is 5.13. The lowest BCUT2D eigenvalue weighted by Gasteiger charge is -2.23. The topological polar surface area (TPSA) is 26.3 Å². The van der Waals surface area contributed by atoms with E-state index in [-0.39, 0.29) is 11.8 Å². The first-order chi connectivity index (χ1) is 5.42. The van der Waals surface area contributed by atoms with Crippen LogP contribution in [0.5, 0.6) is 0 Å². The van der Waals surface area contributed by atoms with Gasteiger partial charge in [-0.05, 0) is 20.3 Å². The molecule has 1 atom stereocenters. The van der Waals surface area contributed by atoms with Crippen LogP contribution in [0.4, 0.5) is 0 Å². The van der Waals surface area contributed by atoms with Crippen molar-refractivity contribution in [2.45, 2.75) is 52.8 Å². The lowest BCUT2D eigenvalue weighted by Crippen LogP contribution is -2.10. The van der Waals surface area contributed by atoms with Gasteiger partial charge in [0, 0.05) is 11.8 Å².